The van der Waals surface area contributed by atoms with Gasteiger partial charge in [-0.3, -0.25) is 0 Å². The highest BCUT2D eigenvalue weighted by Crippen LogP contribution is 2.09. The van der Waals surface area contributed by atoms with Gasteiger partial charge in [0.25, 0.3) is 0 Å². The van der Waals surface area contributed by atoms with Gasteiger partial charge in [0, 0.05) is 0 Å². The SMILES string of the molecule is CC(C)C[C@H](NC(=O)OC(C)(C)C)C(=O)O.N. The van der Waals surface area contributed by atoms with Gasteiger partial charge in [-0.2, -0.15) is 0 Å². The molecule has 0 aromatic carbocycles. The Hall–Kier alpha value is -1.30. The summed E-state index contributed by atoms with van der Waals surface area (Å²) in [6, 6.07) is -0.894. The molecule has 6 heteroatoms. The van der Waals surface area contributed by atoms with E-state index < -0.39 is 23.7 Å². The normalized spacial score (nSPS) is 12.6. The number of carboxylic acid groups (broad SMARTS) is 1. The summed E-state index contributed by atoms with van der Waals surface area (Å²) in [5, 5.41) is 11.2. The van der Waals surface area contributed by atoms with Crippen molar-refractivity contribution in [1.29, 1.82) is 0 Å². The van der Waals surface area contributed by atoms with Crippen LogP contribution in [0.15, 0.2) is 0 Å². The van der Waals surface area contributed by atoms with Gasteiger partial charge in [0.05, 0.1) is 0 Å². The molecule has 0 aliphatic carbocycles. The standard InChI is InChI=1S/C11H21NO4.H3N/c1-7(2)6-8(9(13)14)12-10(15)16-11(3,4)5;/h7-8H,6H2,1-5H3,(H,12,15)(H,13,14);1H3/t8-;/m0./s1. The Morgan fingerprint density at radius 3 is 2.06 bits per heavy atom. The molecule has 5 N–H and O–H groups in total. The van der Waals surface area contributed by atoms with E-state index in [9.17, 15) is 9.59 Å². The van der Waals surface area contributed by atoms with Gasteiger partial charge in [0.1, 0.15) is 11.6 Å². The maximum atomic E-state index is 11.4. The van der Waals surface area contributed by atoms with Gasteiger partial charge in [0.2, 0.25) is 0 Å². The van der Waals surface area contributed by atoms with Crippen LogP contribution >= 0.6 is 0 Å². The van der Waals surface area contributed by atoms with Crippen LogP contribution in [-0.4, -0.2) is 28.8 Å². The Kier molecular flexibility index (Phi) is 7.56. The minimum atomic E-state index is -1.04. The highest BCUT2D eigenvalue weighted by atomic mass is 16.6. The lowest BCUT2D eigenvalue weighted by Gasteiger charge is -2.22. The van der Waals surface area contributed by atoms with Gasteiger partial charge < -0.3 is 21.3 Å². The third-order valence-corrected chi connectivity index (χ3v) is 1.70. The van der Waals surface area contributed by atoms with E-state index >= 15 is 0 Å². The number of amides is 1. The Bertz CT molecular complexity index is 259. The first-order valence-electron chi connectivity index (χ1n) is 5.34. The van der Waals surface area contributed by atoms with Gasteiger partial charge in [-0.15, -0.1) is 0 Å². The molecule has 0 bridgehead atoms. The number of alkyl carbamates (subject to hydrolysis) is 1. The fraction of sp³-hybridized carbons (Fsp3) is 0.818. The average Bonchev–Trinajstić information content (AvgIpc) is 1.97. The minimum Gasteiger partial charge on any atom is -0.480 e. The van der Waals surface area contributed by atoms with E-state index in [1.807, 2.05) is 13.8 Å². The molecule has 17 heavy (non-hydrogen) atoms. The number of ether oxygens (including phenoxy) is 1. The zero-order valence-electron chi connectivity index (χ0n) is 11.2. The zero-order valence-corrected chi connectivity index (χ0v) is 11.2. The number of hydrogen-bond acceptors (Lipinski definition) is 4. The minimum absolute atomic E-state index is 0. The molecule has 0 unspecified atom stereocenters. The Morgan fingerprint density at radius 1 is 1.29 bits per heavy atom. The summed E-state index contributed by atoms with van der Waals surface area (Å²) in [6.45, 7) is 8.97. The van der Waals surface area contributed by atoms with E-state index in [0.29, 0.717) is 6.42 Å². The van der Waals surface area contributed by atoms with Crippen molar-refractivity contribution in [3.05, 3.63) is 0 Å². The summed E-state index contributed by atoms with van der Waals surface area (Å²) < 4.78 is 4.99. The zero-order chi connectivity index (χ0) is 12.9. The highest BCUT2D eigenvalue weighted by molar-refractivity contribution is 5.79. The van der Waals surface area contributed by atoms with Crippen molar-refractivity contribution < 1.29 is 19.4 Å². The first-order chi connectivity index (χ1) is 7.11. The van der Waals surface area contributed by atoms with Crippen molar-refractivity contribution in [3.8, 4) is 0 Å². The van der Waals surface area contributed by atoms with Crippen LogP contribution in [0.3, 0.4) is 0 Å². The van der Waals surface area contributed by atoms with Gasteiger partial charge >= 0.3 is 12.1 Å². The van der Waals surface area contributed by atoms with Gasteiger partial charge in [0.15, 0.2) is 0 Å². The molecule has 0 fully saturated rings. The molecule has 0 heterocycles. The molecule has 1 atom stereocenters. The Morgan fingerprint density at radius 2 is 1.76 bits per heavy atom. The molecule has 0 radical (unpaired) electrons. The lowest BCUT2D eigenvalue weighted by Crippen LogP contribution is -2.44. The molecule has 0 aromatic heterocycles. The van der Waals surface area contributed by atoms with Crippen LogP contribution in [-0.2, 0) is 9.53 Å². The lowest BCUT2D eigenvalue weighted by atomic mass is 10.0. The smallest absolute Gasteiger partial charge is 0.408 e. The van der Waals surface area contributed by atoms with Gasteiger partial charge in [-0.1, -0.05) is 13.8 Å². The molecule has 6 nitrogen and oxygen atoms in total. The van der Waals surface area contributed by atoms with E-state index in [4.69, 9.17) is 9.84 Å². The second kappa shape index (κ2) is 7.11. The van der Waals surface area contributed by atoms with E-state index in [2.05, 4.69) is 5.32 Å². The van der Waals surface area contributed by atoms with Crippen molar-refractivity contribution in [2.24, 2.45) is 5.92 Å². The van der Waals surface area contributed by atoms with Crippen molar-refractivity contribution in [2.75, 3.05) is 0 Å². The third kappa shape index (κ3) is 9.62. The number of carbonyl (C=O) groups excluding carboxylic acids is 1. The molecular formula is C11H24N2O4. The summed E-state index contributed by atoms with van der Waals surface area (Å²) in [6.07, 6.45) is -0.310. The predicted octanol–water partition coefficient (Wildman–Crippen LogP) is 2.17. The van der Waals surface area contributed by atoms with E-state index in [0.717, 1.165) is 0 Å². The van der Waals surface area contributed by atoms with E-state index in [1.54, 1.807) is 20.8 Å². The molecular weight excluding hydrogens is 224 g/mol. The quantitative estimate of drug-likeness (QED) is 0.706. The highest BCUT2D eigenvalue weighted by Gasteiger charge is 2.24. The molecule has 0 aliphatic heterocycles. The fourth-order valence-corrected chi connectivity index (χ4v) is 1.14. The van der Waals surface area contributed by atoms with Crippen LogP contribution in [0.5, 0.6) is 0 Å². The monoisotopic (exact) mass is 248 g/mol. The molecule has 0 aromatic rings. The number of aliphatic carboxylic acids is 1. The van der Waals surface area contributed by atoms with Crippen molar-refractivity contribution in [1.82, 2.24) is 11.5 Å². The topological polar surface area (TPSA) is 111 Å². The lowest BCUT2D eigenvalue weighted by molar-refractivity contribution is -0.139. The maximum Gasteiger partial charge on any atom is 0.408 e. The Labute approximate surface area is 102 Å². The van der Waals surface area contributed by atoms with Crippen LogP contribution in [0.25, 0.3) is 0 Å². The number of carbonyl (C=O) groups is 2. The van der Waals surface area contributed by atoms with Crippen LogP contribution in [0.2, 0.25) is 0 Å². The van der Waals surface area contributed by atoms with Crippen LogP contribution in [0.4, 0.5) is 4.79 Å². The molecule has 0 spiro atoms. The molecule has 0 saturated carbocycles. The summed E-state index contributed by atoms with van der Waals surface area (Å²) in [5.74, 6) is -0.851. The Balaban J connectivity index is 0. The second-order valence-corrected chi connectivity index (χ2v) is 5.17. The fourth-order valence-electron chi connectivity index (χ4n) is 1.14. The van der Waals surface area contributed by atoms with Crippen molar-refractivity contribution in [3.63, 3.8) is 0 Å². The summed E-state index contributed by atoms with van der Waals surface area (Å²) in [7, 11) is 0. The van der Waals surface area contributed by atoms with Crippen LogP contribution < -0.4 is 11.5 Å². The maximum absolute atomic E-state index is 11.4. The van der Waals surface area contributed by atoms with E-state index in [-0.39, 0.29) is 12.1 Å². The average molecular weight is 248 g/mol. The van der Waals surface area contributed by atoms with Crippen LogP contribution in [0.1, 0.15) is 41.0 Å². The first kappa shape index (κ1) is 18.1. The molecule has 0 saturated heterocycles. The summed E-state index contributed by atoms with van der Waals surface area (Å²) in [4.78, 5) is 22.2. The van der Waals surface area contributed by atoms with Gasteiger partial charge in [-0.05, 0) is 33.1 Å². The van der Waals surface area contributed by atoms with Crippen molar-refractivity contribution in [2.45, 2.75) is 52.7 Å². The predicted molar refractivity (Wildman–Crippen MR) is 65.3 cm³/mol. The first-order valence-corrected chi connectivity index (χ1v) is 5.34. The van der Waals surface area contributed by atoms with Crippen LogP contribution in [0, 0.1) is 5.92 Å². The molecule has 1 amide bonds. The second-order valence-electron chi connectivity index (χ2n) is 5.17. The number of rotatable bonds is 4. The largest absolute Gasteiger partial charge is 0.480 e. The summed E-state index contributed by atoms with van der Waals surface area (Å²) in [5.41, 5.74) is -0.620. The van der Waals surface area contributed by atoms with Gasteiger partial charge in [-0.25, -0.2) is 9.59 Å². The third-order valence-electron chi connectivity index (χ3n) is 1.70. The number of nitrogens with one attached hydrogen (secondary N) is 1. The molecule has 102 valence electrons. The van der Waals surface area contributed by atoms with Crippen molar-refractivity contribution >= 4 is 12.1 Å². The number of hydrogen-bond donors (Lipinski definition) is 3. The van der Waals surface area contributed by atoms with E-state index in [1.165, 1.54) is 0 Å². The molecule has 0 rings (SSSR count). The molecule has 0 aliphatic rings. The number of carboxylic acids is 1. The summed E-state index contributed by atoms with van der Waals surface area (Å²) >= 11 is 0.